The Morgan fingerprint density at radius 2 is 2.14 bits per heavy atom. The van der Waals surface area contributed by atoms with E-state index in [9.17, 15) is 4.79 Å². The van der Waals surface area contributed by atoms with E-state index in [4.69, 9.17) is 11.6 Å². The van der Waals surface area contributed by atoms with Gasteiger partial charge in [0.05, 0.1) is 11.7 Å². The molecule has 1 aromatic rings. The number of halogens is 1. The van der Waals surface area contributed by atoms with Crippen molar-refractivity contribution < 1.29 is 4.79 Å². The van der Waals surface area contributed by atoms with Gasteiger partial charge in [-0.15, -0.1) is 0 Å². The van der Waals surface area contributed by atoms with Crippen molar-refractivity contribution in [3.8, 4) is 0 Å². The van der Waals surface area contributed by atoms with Crippen LogP contribution >= 0.6 is 11.6 Å². The maximum atomic E-state index is 12.7. The fraction of sp³-hybridized carbons (Fsp3) is 0.600. The van der Waals surface area contributed by atoms with Gasteiger partial charge >= 0.3 is 0 Å². The van der Waals surface area contributed by atoms with E-state index in [1.807, 2.05) is 17.0 Å². The molecule has 1 aromatic heterocycles. The van der Waals surface area contributed by atoms with Crippen LogP contribution in [0.15, 0.2) is 18.2 Å². The summed E-state index contributed by atoms with van der Waals surface area (Å²) in [6.07, 6.45) is 2.02. The maximum absolute atomic E-state index is 12.7. The summed E-state index contributed by atoms with van der Waals surface area (Å²) in [6.45, 7) is 5.08. The zero-order valence-electron chi connectivity index (χ0n) is 12.1. The van der Waals surface area contributed by atoms with Gasteiger partial charge in [0, 0.05) is 32.7 Å². The minimum absolute atomic E-state index is 0.00359. The zero-order valence-corrected chi connectivity index (χ0v) is 12.9. The number of carbonyl (C=O) groups is 1. The Hall–Kier alpha value is -1.17. The summed E-state index contributed by atoms with van der Waals surface area (Å²) in [5.74, 6) is 0.274. The molecule has 0 saturated carbocycles. The van der Waals surface area contributed by atoms with Crippen LogP contribution in [-0.2, 0) is 11.3 Å². The van der Waals surface area contributed by atoms with E-state index < -0.39 is 0 Å². The number of aromatic nitrogens is 1. The zero-order chi connectivity index (χ0) is 14.7. The number of carbonyl (C=O) groups excluding carboxylic acids is 1. The van der Waals surface area contributed by atoms with Crippen LogP contribution in [0.5, 0.6) is 0 Å². The molecule has 0 aliphatic carbocycles. The van der Waals surface area contributed by atoms with Crippen LogP contribution in [0.2, 0.25) is 5.15 Å². The van der Waals surface area contributed by atoms with Crippen molar-refractivity contribution >= 4 is 17.5 Å². The van der Waals surface area contributed by atoms with Crippen LogP contribution in [0.3, 0.4) is 0 Å². The second-order valence-electron chi connectivity index (χ2n) is 5.66. The molecule has 2 aliphatic heterocycles. The summed E-state index contributed by atoms with van der Waals surface area (Å²) in [5, 5.41) is 3.80. The molecule has 114 valence electrons. The van der Waals surface area contributed by atoms with E-state index >= 15 is 0 Å². The molecular weight excluding hydrogens is 288 g/mol. The molecule has 21 heavy (non-hydrogen) atoms. The normalized spacial score (nSPS) is 23.5. The van der Waals surface area contributed by atoms with Crippen LogP contribution < -0.4 is 5.32 Å². The molecule has 2 aliphatic rings. The van der Waals surface area contributed by atoms with Crippen molar-refractivity contribution in [3.63, 3.8) is 0 Å². The number of nitrogens with one attached hydrogen (secondary N) is 1. The number of rotatable bonds is 3. The monoisotopic (exact) mass is 308 g/mol. The Morgan fingerprint density at radius 3 is 2.90 bits per heavy atom. The van der Waals surface area contributed by atoms with E-state index in [-0.39, 0.29) is 11.9 Å². The number of pyridine rings is 1. The number of piperazine rings is 1. The number of hydrogen-bond acceptors (Lipinski definition) is 4. The summed E-state index contributed by atoms with van der Waals surface area (Å²) in [7, 11) is 0. The van der Waals surface area contributed by atoms with Gasteiger partial charge in [-0.05, 0) is 31.5 Å². The van der Waals surface area contributed by atoms with Crippen molar-refractivity contribution in [2.75, 3.05) is 32.7 Å². The Morgan fingerprint density at radius 1 is 1.33 bits per heavy atom. The average Bonchev–Trinajstić information content (AvgIpc) is 2.95. The molecule has 3 rings (SSSR count). The highest BCUT2D eigenvalue weighted by atomic mass is 35.5. The smallest absolute Gasteiger partial charge is 0.240 e. The summed E-state index contributed by atoms with van der Waals surface area (Å²) in [5.41, 5.74) is 0.933. The topological polar surface area (TPSA) is 48.5 Å². The third-order valence-corrected chi connectivity index (χ3v) is 4.43. The van der Waals surface area contributed by atoms with Gasteiger partial charge in [0.15, 0.2) is 0 Å². The highest BCUT2D eigenvalue weighted by Gasteiger charge is 2.34. The van der Waals surface area contributed by atoms with Gasteiger partial charge in [0.2, 0.25) is 5.91 Å². The van der Waals surface area contributed by atoms with Crippen molar-refractivity contribution in [1.82, 2.24) is 20.1 Å². The van der Waals surface area contributed by atoms with Gasteiger partial charge in [0.1, 0.15) is 5.15 Å². The fourth-order valence-electron chi connectivity index (χ4n) is 3.14. The predicted octanol–water partition coefficient (Wildman–Crippen LogP) is 1.13. The molecule has 1 atom stereocenters. The number of likely N-dealkylation sites (tertiary alicyclic amines) is 1. The molecule has 6 heteroatoms. The Kier molecular flexibility index (Phi) is 4.73. The average molecular weight is 309 g/mol. The van der Waals surface area contributed by atoms with Crippen molar-refractivity contribution in [2.45, 2.75) is 25.4 Å². The van der Waals surface area contributed by atoms with Gasteiger partial charge in [-0.3, -0.25) is 9.69 Å². The highest BCUT2D eigenvalue weighted by molar-refractivity contribution is 6.29. The Bertz CT molecular complexity index is 504. The molecule has 0 aromatic carbocycles. The van der Waals surface area contributed by atoms with Crippen LogP contribution in [0.25, 0.3) is 0 Å². The predicted molar refractivity (Wildman–Crippen MR) is 82.1 cm³/mol. The van der Waals surface area contributed by atoms with Gasteiger partial charge in [-0.2, -0.15) is 0 Å². The first kappa shape index (κ1) is 14.8. The third-order valence-electron chi connectivity index (χ3n) is 4.22. The van der Waals surface area contributed by atoms with Crippen molar-refractivity contribution in [2.24, 2.45) is 0 Å². The van der Waals surface area contributed by atoms with Crippen LogP contribution in [0.4, 0.5) is 0 Å². The van der Waals surface area contributed by atoms with E-state index in [2.05, 4.69) is 15.2 Å². The van der Waals surface area contributed by atoms with Crippen LogP contribution in [-0.4, -0.2) is 59.5 Å². The van der Waals surface area contributed by atoms with Crippen molar-refractivity contribution in [1.29, 1.82) is 0 Å². The van der Waals surface area contributed by atoms with Crippen LogP contribution in [0.1, 0.15) is 18.5 Å². The van der Waals surface area contributed by atoms with Gasteiger partial charge < -0.3 is 10.2 Å². The van der Waals surface area contributed by atoms with Gasteiger partial charge in [-0.1, -0.05) is 17.7 Å². The SMILES string of the molecule is O=C(C1CCCN1Cc1cccc(Cl)n1)N1CCNCC1. The highest BCUT2D eigenvalue weighted by Crippen LogP contribution is 2.22. The Labute approximate surface area is 130 Å². The molecule has 0 spiro atoms. The summed E-state index contributed by atoms with van der Waals surface area (Å²) in [6, 6.07) is 5.66. The van der Waals surface area contributed by atoms with E-state index in [0.29, 0.717) is 11.7 Å². The molecule has 3 heterocycles. The molecule has 1 unspecified atom stereocenters. The van der Waals surface area contributed by atoms with Crippen LogP contribution in [0, 0.1) is 0 Å². The molecular formula is C15H21ClN4O. The molecule has 5 nitrogen and oxygen atoms in total. The first-order chi connectivity index (χ1) is 10.2. The lowest BCUT2D eigenvalue weighted by molar-refractivity contribution is -0.136. The number of nitrogens with zero attached hydrogens (tertiary/aromatic N) is 3. The lowest BCUT2D eigenvalue weighted by atomic mass is 10.1. The molecule has 2 fully saturated rings. The Balaban J connectivity index is 1.66. The minimum Gasteiger partial charge on any atom is -0.339 e. The van der Waals surface area contributed by atoms with Crippen molar-refractivity contribution in [3.05, 3.63) is 29.0 Å². The summed E-state index contributed by atoms with van der Waals surface area (Å²) < 4.78 is 0. The molecule has 0 bridgehead atoms. The fourth-order valence-corrected chi connectivity index (χ4v) is 3.32. The third kappa shape index (κ3) is 3.54. The van der Waals surface area contributed by atoms with E-state index in [1.54, 1.807) is 6.07 Å². The molecule has 1 N–H and O–H groups in total. The lowest BCUT2D eigenvalue weighted by Gasteiger charge is -2.32. The summed E-state index contributed by atoms with van der Waals surface area (Å²) >= 11 is 5.94. The van der Waals surface area contributed by atoms with E-state index in [0.717, 1.165) is 51.3 Å². The quantitative estimate of drug-likeness (QED) is 0.851. The number of hydrogen-bond donors (Lipinski definition) is 1. The molecule has 1 amide bonds. The summed E-state index contributed by atoms with van der Waals surface area (Å²) in [4.78, 5) is 21.2. The first-order valence-electron chi connectivity index (χ1n) is 7.59. The van der Waals surface area contributed by atoms with E-state index in [1.165, 1.54) is 0 Å². The second-order valence-corrected chi connectivity index (χ2v) is 6.04. The molecule has 2 saturated heterocycles. The first-order valence-corrected chi connectivity index (χ1v) is 7.97. The standard InChI is InChI=1S/C15H21ClN4O/c16-14-5-1-3-12(18-14)11-20-8-2-4-13(20)15(21)19-9-6-17-7-10-19/h1,3,5,13,17H,2,4,6-11H2. The number of amides is 1. The lowest BCUT2D eigenvalue weighted by Crippen LogP contribution is -2.52. The second kappa shape index (κ2) is 6.73. The maximum Gasteiger partial charge on any atom is 0.240 e. The molecule has 0 radical (unpaired) electrons. The van der Waals surface area contributed by atoms with Gasteiger partial charge in [0.25, 0.3) is 0 Å². The van der Waals surface area contributed by atoms with Gasteiger partial charge in [-0.25, -0.2) is 4.98 Å². The minimum atomic E-state index is 0.00359. The largest absolute Gasteiger partial charge is 0.339 e.